The first-order chi connectivity index (χ1) is 8.18. The summed E-state index contributed by atoms with van der Waals surface area (Å²) in [6.07, 6.45) is 4.88. The van der Waals surface area contributed by atoms with Crippen LogP contribution >= 0.6 is 0 Å². The Bertz CT molecular complexity index is 378. The van der Waals surface area contributed by atoms with Crippen molar-refractivity contribution >= 4 is 0 Å². The van der Waals surface area contributed by atoms with Crippen molar-refractivity contribution < 1.29 is 8.78 Å². The molecule has 0 spiro atoms. The molecule has 2 unspecified atom stereocenters. The summed E-state index contributed by atoms with van der Waals surface area (Å²) in [5, 5.41) is 3.35. The van der Waals surface area contributed by atoms with Gasteiger partial charge in [0.15, 0.2) is 11.6 Å². The fourth-order valence-electron chi connectivity index (χ4n) is 2.55. The van der Waals surface area contributed by atoms with Crippen molar-refractivity contribution in [2.75, 3.05) is 0 Å². The van der Waals surface area contributed by atoms with Gasteiger partial charge in [0.25, 0.3) is 0 Å². The first-order valence-electron chi connectivity index (χ1n) is 6.34. The van der Waals surface area contributed by atoms with Crippen LogP contribution in [0.25, 0.3) is 0 Å². The minimum atomic E-state index is -0.763. The van der Waals surface area contributed by atoms with Crippen LogP contribution in [0.1, 0.15) is 38.2 Å². The fourth-order valence-corrected chi connectivity index (χ4v) is 2.55. The Balaban J connectivity index is 1.95. The maximum atomic E-state index is 13.4. The molecule has 17 heavy (non-hydrogen) atoms. The summed E-state index contributed by atoms with van der Waals surface area (Å²) in [4.78, 5) is 0. The van der Waals surface area contributed by atoms with E-state index in [-0.39, 0.29) is 0 Å². The average Bonchev–Trinajstić information content (AvgIpc) is 2.33. The van der Waals surface area contributed by atoms with Crippen LogP contribution in [0.2, 0.25) is 0 Å². The lowest BCUT2D eigenvalue weighted by molar-refractivity contribution is 0.278. The largest absolute Gasteiger partial charge is 0.310 e. The van der Waals surface area contributed by atoms with E-state index in [1.807, 2.05) is 0 Å². The van der Waals surface area contributed by atoms with Crippen molar-refractivity contribution in [2.45, 2.75) is 45.2 Å². The maximum Gasteiger partial charge on any atom is 0.163 e. The highest BCUT2D eigenvalue weighted by atomic mass is 19.2. The van der Waals surface area contributed by atoms with Gasteiger partial charge in [-0.15, -0.1) is 0 Å². The molecule has 1 nitrogen and oxygen atoms in total. The first kappa shape index (κ1) is 12.5. The Morgan fingerprint density at radius 2 is 2.00 bits per heavy atom. The summed E-state index contributed by atoms with van der Waals surface area (Å²) in [7, 11) is 0. The Labute approximate surface area is 101 Å². The number of nitrogens with one attached hydrogen (secondary N) is 1. The van der Waals surface area contributed by atoms with Gasteiger partial charge >= 0.3 is 0 Å². The van der Waals surface area contributed by atoms with E-state index in [0.29, 0.717) is 24.1 Å². The van der Waals surface area contributed by atoms with Gasteiger partial charge < -0.3 is 5.32 Å². The molecule has 0 heterocycles. The van der Waals surface area contributed by atoms with Crippen LogP contribution in [-0.4, -0.2) is 6.04 Å². The van der Waals surface area contributed by atoms with Crippen molar-refractivity contribution in [3.63, 3.8) is 0 Å². The van der Waals surface area contributed by atoms with Crippen molar-refractivity contribution in [1.29, 1.82) is 0 Å². The number of benzene rings is 1. The molecule has 1 N–H and O–H groups in total. The second-order valence-electron chi connectivity index (χ2n) is 4.96. The molecule has 94 valence electrons. The van der Waals surface area contributed by atoms with Crippen LogP contribution in [0.5, 0.6) is 0 Å². The zero-order valence-corrected chi connectivity index (χ0v) is 10.2. The van der Waals surface area contributed by atoms with Gasteiger partial charge in [-0.2, -0.15) is 0 Å². The maximum absolute atomic E-state index is 13.4. The summed E-state index contributed by atoms with van der Waals surface area (Å²) in [6, 6.07) is 4.78. The standard InChI is InChI=1S/C14H19F2N/c1-10-5-2-3-8-13(10)17-9-11-6-4-7-12(15)14(11)16/h4,6-7,10,13,17H,2-3,5,8-9H2,1H3. The summed E-state index contributed by atoms with van der Waals surface area (Å²) in [6.45, 7) is 2.64. The Morgan fingerprint density at radius 3 is 2.76 bits per heavy atom. The third-order valence-electron chi connectivity index (χ3n) is 3.70. The molecular formula is C14H19F2N. The molecule has 0 aliphatic heterocycles. The molecule has 2 atom stereocenters. The van der Waals surface area contributed by atoms with Crippen LogP contribution in [0.15, 0.2) is 18.2 Å². The second kappa shape index (κ2) is 5.58. The molecule has 1 fully saturated rings. The van der Waals surface area contributed by atoms with Crippen LogP contribution in [0.3, 0.4) is 0 Å². The lowest BCUT2D eigenvalue weighted by Crippen LogP contribution is -2.36. The molecule has 0 radical (unpaired) electrons. The van der Waals surface area contributed by atoms with Gasteiger partial charge in [-0.25, -0.2) is 8.78 Å². The Kier molecular flexibility index (Phi) is 4.11. The molecule has 0 bridgehead atoms. The van der Waals surface area contributed by atoms with E-state index in [9.17, 15) is 8.78 Å². The number of halogens is 2. The van der Waals surface area contributed by atoms with Crippen LogP contribution < -0.4 is 5.32 Å². The van der Waals surface area contributed by atoms with Crippen LogP contribution in [-0.2, 0) is 6.54 Å². The SMILES string of the molecule is CC1CCCCC1NCc1cccc(F)c1F. The molecule has 1 aromatic carbocycles. The van der Waals surface area contributed by atoms with Crippen LogP contribution in [0, 0.1) is 17.6 Å². The molecule has 0 amide bonds. The Hall–Kier alpha value is -0.960. The lowest BCUT2D eigenvalue weighted by Gasteiger charge is -2.29. The number of hydrogen-bond acceptors (Lipinski definition) is 1. The summed E-state index contributed by atoms with van der Waals surface area (Å²) < 4.78 is 26.5. The smallest absolute Gasteiger partial charge is 0.163 e. The topological polar surface area (TPSA) is 12.0 Å². The zero-order chi connectivity index (χ0) is 12.3. The van der Waals surface area contributed by atoms with Gasteiger partial charge in [-0.05, 0) is 24.8 Å². The quantitative estimate of drug-likeness (QED) is 0.849. The fraction of sp³-hybridized carbons (Fsp3) is 0.571. The summed E-state index contributed by atoms with van der Waals surface area (Å²) in [5.41, 5.74) is 0.419. The van der Waals surface area contributed by atoms with Gasteiger partial charge in [0, 0.05) is 18.2 Å². The molecule has 2 rings (SSSR count). The van der Waals surface area contributed by atoms with Gasteiger partial charge in [0.2, 0.25) is 0 Å². The van der Waals surface area contributed by atoms with E-state index in [1.54, 1.807) is 12.1 Å². The third kappa shape index (κ3) is 3.03. The van der Waals surface area contributed by atoms with Crippen molar-refractivity contribution in [2.24, 2.45) is 5.92 Å². The highest BCUT2D eigenvalue weighted by molar-refractivity contribution is 5.18. The van der Waals surface area contributed by atoms with E-state index < -0.39 is 11.6 Å². The molecule has 1 aromatic rings. The normalized spacial score (nSPS) is 24.9. The van der Waals surface area contributed by atoms with Crippen molar-refractivity contribution in [3.8, 4) is 0 Å². The highest BCUT2D eigenvalue weighted by Crippen LogP contribution is 2.24. The van der Waals surface area contributed by atoms with Gasteiger partial charge in [0.05, 0.1) is 0 Å². The molecule has 0 saturated heterocycles. The Morgan fingerprint density at radius 1 is 1.24 bits per heavy atom. The predicted molar refractivity (Wildman–Crippen MR) is 64.6 cm³/mol. The van der Waals surface area contributed by atoms with Gasteiger partial charge in [0.1, 0.15) is 0 Å². The van der Waals surface area contributed by atoms with E-state index in [0.717, 1.165) is 12.5 Å². The molecule has 0 aromatic heterocycles. The average molecular weight is 239 g/mol. The minimum Gasteiger partial charge on any atom is -0.310 e. The monoisotopic (exact) mass is 239 g/mol. The van der Waals surface area contributed by atoms with Crippen molar-refractivity contribution in [1.82, 2.24) is 5.32 Å². The number of rotatable bonds is 3. The summed E-state index contributed by atoms with van der Waals surface area (Å²) in [5.74, 6) is -0.857. The predicted octanol–water partition coefficient (Wildman–Crippen LogP) is 3.63. The second-order valence-corrected chi connectivity index (χ2v) is 4.96. The molecular weight excluding hydrogens is 220 g/mol. The van der Waals surface area contributed by atoms with Crippen molar-refractivity contribution in [3.05, 3.63) is 35.4 Å². The van der Waals surface area contributed by atoms with Crippen LogP contribution in [0.4, 0.5) is 8.78 Å². The lowest BCUT2D eigenvalue weighted by atomic mass is 9.86. The first-order valence-corrected chi connectivity index (χ1v) is 6.34. The van der Waals surface area contributed by atoms with Gasteiger partial charge in [-0.3, -0.25) is 0 Å². The molecule has 1 saturated carbocycles. The molecule has 1 aliphatic carbocycles. The van der Waals surface area contributed by atoms with E-state index in [1.165, 1.54) is 19.3 Å². The number of hydrogen-bond donors (Lipinski definition) is 1. The zero-order valence-electron chi connectivity index (χ0n) is 10.2. The summed E-state index contributed by atoms with van der Waals surface area (Å²) >= 11 is 0. The highest BCUT2D eigenvalue weighted by Gasteiger charge is 2.21. The van der Waals surface area contributed by atoms with E-state index in [2.05, 4.69) is 12.2 Å². The van der Waals surface area contributed by atoms with E-state index >= 15 is 0 Å². The van der Waals surface area contributed by atoms with Gasteiger partial charge in [-0.1, -0.05) is 31.9 Å². The van der Waals surface area contributed by atoms with E-state index in [4.69, 9.17) is 0 Å². The third-order valence-corrected chi connectivity index (χ3v) is 3.70. The minimum absolute atomic E-state index is 0.415. The molecule has 3 heteroatoms. The molecule has 1 aliphatic rings.